The van der Waals surface area contributed by atoms with Crippen LogP contribution in [0.4, 0.5) is 0 Å². The molecule has 0 spiro atoms. The highest BCUT2D eigenvalue weighted by atomic mass is 16.3. The second-order valence-corrected chi connectivity index (χ2v) is 10.3. The molecule has 8 fully saturated rings. The predicted molar refractivity (Wildman–Crippen MR) is 83.7 cm³/mol. The average molecular weight is 301 g/mol. The van der Waals surface area contributed by atoms with Crippen molar-refractivity contribution in [2.45, 2.75) is 75.4 Å². The Morgan fingerprint density at radius 2 is 1.23 bits per heavy atom. The fourth-order valence-electron chi connectivity index (χ4n) is 8.95. The molecule has 22 heavy (non-hydrogen) atoms. The van der Waals surface area contributed by atoms with Gasteiger partial charge in [0.25, 0.3) is 0 Å². The molecule has 0 aliphatic heterocycles. The van der Waals surface area contributed by atoms with E-state index >= 15 is 0 Å². The van der Waals surface area contributed by atoms with Gasteiger partial charge in [0.1, 0.15) is 0 Å². The molecule has 6 atom stereocenters. The first-order valence-corrected chi connectivity index (χ1v) is 9.82. The number of aliphatic hydroxyl groups is 2. The van der Waals surface area contributed by atoms with Crippen LogP contribution < -0.4 is 0 Å². The molecule has 0 aromatic rings. The highest BCUT2D eigenvalue weighted by molar-refractivity contribution is 5.24. The minimum absolute atomic E-state index is 0.343. The Hall–Kier alpha value is -0.0800. The first-order chi connectivity index (χ1) is 10.5. The minimum Gasteiger partial charge on any atom is -0.390 e. The number of rotatable bonds is 1. The van der Waals surface area contributed by atoms with Gasteiger partial charge in [-0.15, -0.1) is 0 Å². The largest absolute Gasteiger partial charge is 0.390 e. The standard InChI is InChI=1S/C20H29O2/c21-19-7-11-1-12(8-19)4-15(3-11)17(19)18-16-5-13-2-14(6-16)10-20(18,22)9-13/h11-15,17-18,21-22H,1-10H2. The monoisotopic (exact) mass is 301 g/mol. The smallest absolute Gasteiger partial charge is 0.0690 e. The molecule has 8 aliphatic rings. The summed E-state index contributed by atoms with van der Waals surface area (Å²) in [6.45, 7) is 0. The van der Waals surface area contributed by atoms with E-state index in [0.29, 0.717) is 17.8 Å². The lowest BCUT2D eigenvalue weighted by Gasteiger charge is -2.67. The second kappa shape index (κ2) is 3.94. The van der Waals surface area contributed by atoms with Gasteiger partial charge in [0.2, 0.25) is 0 Å². The summed E-state index contributed by atoms with van der Waals surface area (Å²) >= 11 is 0. The van der Waals surface area contributed by atoms with E-state index in [0.717, 1.165) is 49.4 Å². The molecule has 2 N–H and O–H groups in total. The van der Waals surface area contributed by atoms with Crippen LogP contribution in [0.25, 0.3) is 0 Å². The Morgan fingerprint density at radius 3 is 1.77 bits per heavy atom. The van der Waals surface area contributed by atoms with Gasteiger partial charge in [-0.1, -0.05) is 0 Å². The van der Waals surface area contributed by atoms with Crippen LogP contribution in [0.3, 0.4) is 0 Å². The number of hydrogen-bond acceptors (Lipinski definition) is 2. The maximum absolute atomic E-state index is 11.5. The van der Waals surface area contributed by atoms with E-state index in [9.17, 15) is 10.2 Å². The van der Waals surface area contributed by atoms with Crippen LogP contribution in [0.1, 0.15) is 64.2 Å². The summed E-state index contributed by atoms with van der Waals surface area (Å²) in [4.78, 5) is 0. The van der Waals surface area contributed by atoms with Gasteiger partial charge in [0.15, 0.2) is 0 Å². The van der Waals surface area contributed by atoms with E-state index in [2.05, 4.69) is 0 Å². The Kier molecular flexibility index (Phi) is 2.37. The molecule has 0 heterocycles. The molecule has 8 rings (SSSR count). The molecule has 1 radical (unpaired) electrons. The Morgan fingerprint density at radius 1 is 0.682 bits per heavy atom. The summed E-state index contributed by atoms with van der Waals surface area (Å²) in [5.74, 6) is 6.20. The van der Waals surface area contributed by atoms with Crippen LogP contribution in [0.5, 0.6) is 0 Å². The van der Waals surface area contributed by atoms with Gasteiger partial charge in [-0.05, 0) is 112 Å². The first kappa shape index (κ1) is 13.2. The van der Waals surface area contributed by atoms with E-state index in [1.807, 2.05) is 0 Å². The highest BCUT2D eigenvalue weighted by Crippen LogP contribution is 2.68. The van der Waals surface area contributed by atoms with Gasteiger partial charge in [-0.3, -0.25) is 0 Å². The lowest BCUT2D eigenvalue weighted by Crippen LogP contribution is -2.67. The molecule has 8 saturated carbocycles. The molecule has 2 nitrogen and oxygen atoms in total. The van der Waals surface area contributed by atoms with E-state index in [-0.39, 0.29) is 0 Å². The maximum Gasteiger partial charge on any atom is 0.0690 e. The highest BCUT2D eigenvalue weighted by Gasteiger charge is 2.66. The van der Waals surface area contributed by atoms with Crippen LogP contribution in [0.15, 0.2) is 0 Å². The normalized spacial score (nSPS) is 65.5. The summed E-state index contributed by atoms with van der Waals surface area (Å²) in [7, 11) is 0. The lowest BCUT2D eigenvalue weighted by molar-refractivity contribution is -0.235. The van der Waals surface area contributed by atoms with Gasteiger partial charge >= 0.3 is 0 Å². The summed E-state index contributed by atoms with van der Waals surface area (Å²) in [5, 5.41) is 23.1. The Labute approximate surface area is 133 Å². The predicted octanol–water partition coefficient (Wildman–Crippen LogP) is 3.32. The Balaban J connectivity index is 1.41. The number of fused-ring (bicyclic) bond motifs is 1. The Bertz CT molecular complexity index is 440. The SMILES string of the molecule is OC12CC3C[C](CC(C3)C1)C2C1C2CC3CC(C2)CC1(O)C3. The van der Waals surface area contributed by atoms with Crippen molar-refractivity contribution in [2.75, 3.05) is 0 Å². The molecular weight excluding hydrogens is 272 g/mol. The molecule has 8 aliphatic carbocycles. The van der Waals surface area contributed by atoms with Crippen molar-refractivity contribution in [2.24, 2.45) is 41.4 Å². The molecule has 2 heteroatoms. The number of hydrogen-bond donors (Lipinski definition) is 2. The van der Waals surface area contributed by atoms with Crippen molar-refractivity contribution in [3.63, 3.8) is 0 Å². The summed E-state index contributed by atoms with van der Waals surface area (Å²) in [6, 6.07) is 0. The van der Waals surface area contributed by atoms with Crippen LogP contribution in [-0.4, -0.2) is 21.4 Å². The van der Waals surface area contributed by atoms with E-state index in [1.54, 1.807) is 5.92 Å². The van der Waals surface area contributed by atoms with Gasteiger partial charge in [0.05, 0.1) is 11.2 Å². The van der Waals surface area contributed by atoms with Gasteiger partial charge < -0.3 is 10.2 Å². The van der Waals surface area contributed by atoms with Gasteiger partial charge in [-0.25, -0.2) is 0 Å². The molecule has 121 valence electrons. The van der Waals surface area contributed by atoms with Crippen LogP contribution >= 0.6 is 0 Å². The van der Waals surface area contributed by atoms with E-state index in [1.165, 1.54) is 38.5 Å². The fraction of sp³-hybridized carbons (Fsp3) is 0.950. The van der Waals surface area contributed by atoms with Gasteiger partial charge in [-0.2, -0.15) is 0 Å². The van der Waals surface area contributed by atoms with Crippen molar-refractivity contribution in [1.29, 1.82) is 0 Å². The molecule has 0 aromatic heterocycles. The van der Waals surface area contributed by atoms with Crippen molar-refractivity contribution in [3.8, 4) is 0 Å². The fourth-order valence-corrected chi connectivity index (χ4v) is 8.95. The third-order valence-electron chi connectivity index (χ3n) is 8.78. The topological polar surface area (TPSA) is 40.5 Å². The lowest BCUT2D eigenvalue weighted by atomic mass is 9.40. The summed E-state index contributed by atoms with van der Waals surface area (Å²) in [6.07, 6.45) is 12.1. The molecule has 0 saturated heterocycles. The van der Waals surface area contributed by atoms with E-state index < -0.39 is 11.2 Å². The third-order valence-corrected chi connectivity index (χ3v) is 8.78. The van der Waals surface area contributed by atoms with E-state index in [4.69, 9.17) is 0 Å². The van der Waals surface area contributed by atoms with Crippen LogP contribution in [-0.2, 0) is 0 Å². The molecule has 8 bridgehead atoms. The average Bonchev–Trinajstić information content (AvgIpc) is 2.38. The molecular formula is C20H29O2. The van der Waals surface area contributed by atoms with Crippen LogP contribution in [0.2, 0.25) is 0 Å². The zero-order valence-electron chi connectivity index (χ0n) is 13.5. The molecule has 6 unspecified atom stereocenters. The maximum atomic E-state index is 11.5. The zero-order chi connectivity index (χ0) is 14.7. The van der Waals surface area contributed by atoms with Crippen molar-refractivity contribution >= 4 is 0 Å². The minimum atomic E-state index is -0.449. The zero-order valence-corrected chi connectivity index (χ0v) is 13.5. The molecule has 0 aromatic carbocycles. The van der Waals surface area contributed by atoms with Gasteiger partial charge in [0, 0.05) is 0 Å². The summed E-state index contributed by atoms with van der Waals surface area (Å²) < 4.78 is 0. The van der Waals surface area contributed by atoms with Crippen molar-refractivity contribution in [3.05, 3.63) is 5.92 Å². The van der Waals surface area contributed by atoms with Crippen molar-refractivity contribution < 1.29 is 10.2 Å². The first-order valence-electron chi connectivity index (χ1n) is 9.82. The second-order valence-electron chi connectivity index (χ2n) is 10.3. The van der Waals surface area contributed by atoms with Crippen LogP contribution in [0, 0.1) is 47.3 Å². The molecule has 0 amide bonds. The summed E-state index contributed by atoms with van der Waals surface area (Å²) in [5.41, 5.74) is -0.882. The third kappa shape index (κ3) is 1.55. The quantitative estimate of drug-likeness (QED) is 0.780. The van der Waals surface area contributed by atoms with Crippen molar-refractivity contribution in [1.82, 2.24) is 0 Å².